The van der Waals surface area contributed by atoms with Crippen molar-refractivity contribution in [2.45, 2.75) is 38.6 Å². The number of carbonyl (C=O) groups excluding carboxylic acids is 1. The summed E-state index contributed by atoms with van der Waals surface area (Å²) in [5.41, 5.74) is 0.0496. The van der Waals surface area contributed by atoms with Gasteiger partial charge in [-0.3, -0.25) is 4.79 Å². The number of anilines is 1. The summed E-state index contributed by atoms with van der Waals surface area (Å²) in [4.78, 5) is 15.9. The predicted octanol–water partition coefficient (Wildman–Crippen LogP) is 2.57. The molecule has 1 aromatic rings. The molecule has 5 heteroatoms. The number of hydrogen-bond donors (Lipinski definition) is 2. The van der Waals surface area contributed by atoms with E-state index >= 15 is 0 Å². The largest absolute Gasteiger partial charge is 0.371 e. The highest BCUT2D eigenvalue weighted by molar-refractivity contribution is 5.95. The molecule has 1 aromatic heterocycles. The molecule has 0 spiro atoms. The SMILES string of the molecule is CCC(CC1CC1)NC(=O)c1ccnc(NC)c1F. The second-order valence-corrected chi connectivity index (χ2v) is 5.03. The Bertz CT molecular complexity index is 460. The van der Waals surface area contributed by atoms with Crippen LogP contribution in [0.2, 0.25) is 0 Å². The van der Waals surface area contributed by atoms with Crippen LogP contribution in [0.5, 0.6) is 0 Å². The summed E-state index contributed by atoms with van der Waals surface area (Å²) in [6.07, 6.45) is 5.80. The van der Waals surface area contributed by atoms with E-state index in [4.69, 9.17) is 0 Å². The molecule has 0 aliphatic heterocycles. The Morgan fingerprint density at radius 1 is 1.58 bits per heavy atom. The smallest absolute Gasteiger partial charge is 0.254 e. The van der Waals surface area contributed by atoms with E-state index in [1.807, 2.05) is 6.92 Å². The van der Waals surface area contributed by atoms with Gasteiger partial charge < -0.3 is 10.6 Å². The molecular formula is C14H20FN3O. The van der Waals surface area contributed by atoms with Crippen LogP contribution in [0, 0.1) is 11.7 Å². The lowest BCUT2D eigenvalue weighted by Gasteiger charge is -2.17. The molecule has 0 saturated heterocycles. The van der Waals surface area contributed by atoms with E-state index in [0.29, 0.717) is 0 Å². The minimum absolute atomic E-state index is 0.0496. The van der Waals surface area contributed by atoms with E-state index in [2.05, 4.69) is 15.6 Å². The van der Waals surface area contributed by atoms with E-state index in [0.717, 1.165) is 18.8 Å². The molecule has 0 bridgehead atoms. The standard InChI is InChI=1S/C14H20FN3O/c1-3-10(8-9-4-5-9)18-14(19)11-6-7-17-13(16-2)12(11)15/h6-7,9-10H,3-5,8H2,1-2H3,(H,16,17)(H,18,19). The van der Waals surface area contributed by atoms with Gasteiger partial charge in [-0.15, -0.1) is 0 Å². The first-order valence-electron chi connectivity index (χ1n) is 6.78. The van der Waals surface area contributed by atoms with Crippen LogP contribution in [0.25, 0.3) is 0 Å². The number of amides is 1. The number of aromatic nitrogens is 1. The number of hydrogen-bond acceptors (Lipinski definition) is 3. The van der Waals surface area contributed by atoms with Gasteiger partial charge in [-0.1, -0.05) is 19.8 Å². The maximum atomic E-state index is 14.0. The second kappa shape index (κ2) is 5.99. The Labute approximate surface area is 112 Å². The van der Waals surface area contributed by atoms with Gasteiger partial charge >= 0.3 is 0 Å². The first kappa shape index (κ1) is 13.8. The number of rotatable bonds is 6. The molecule has 1 atom stereocenters. The van der Waals surface area contributed by atoms with Gasteiger partial charge in [0.05, 0.1) is 5.56 Å². The fraction of sp³-hybridized carbons (Fsp3) is 0.571. The molecule has 0 aromatic carbocycles. The van der Waals surface area contributed by atoms with Crippen molar-refractivity contribution < 1.29 is 9.18 Å². The highest BCUT2D eigenvalue weighted by Crippen LogP contribution is 2.34. The van der Waals surface area contributed by atoms with Crippen molar-refractivity contribution in [1.29, 1.82) is 0 Å². The van der Waals surface area contributed by atoms with Crippen LogP contribution in [0.4, 0.5) is 10.2 Å². The molecule has 1 amide bonds. The van der Waals surface area contributed by atoms with Crippen molar-refractivity contribution in [1.82, 2.24) is 10.3 Å². The van der Waals surface area contributed by atoms with Crippen molar-refractivity contribution in [3.63, 3.8) is 0 Å². The monoisotopic (exact) mass is 265 g/mol. The van der Waals surface area contributed by atoms with Gasteiger partial charge in [0.1, 0.15) is 0 Å². The molecule has 1 saturated carbocycles. The lowest BCUT2D eigenvalue weighted by atomic mass is 10.1. The Morgan fingerprint density at radius 2 is 2.32 bits per heavy atom. The summed E-state index contributed by atoms with van der Waals surface area (Å²) in [5.74, 6) is -0.115. The number of halogens is 1. The zero-order valence-corrected chi connectivity index (χ0v) is 11.4. The number of nitrogens with one attached hydrogen (secondary N) is 2. The molecule has 1 heterocycles. The van der Waals surface area contributed by atoms with Crippen molar-refractivity contribution in [2.24, 2.45) is 5.92 Å². The van der Waals surface area contributed by atoms with E-state index in [1.54, 1.807) is 7.05 Å². The van der Waals surface area contributed by atoms with Gasteiger partial charge in [0, 0.05) is 19.3 Å². The third-order valence-corrected chi connectivity index (χ3v) is 3.51. The molecule has 1 fully saturated rings. The van der Waals surface area contributed by atoms with Gasteiger partial charge in [-0.25, -0.2) is 9.37 Å². The fourth-order valence-electron chi connectivity index (χ4n) is 2.14. The third kappa shape index (κ3) is 3.43. The second-order valence-electron chi connectivity index (χ2n) is 5.03. The van der Waals surface area contributed by atoms with E-state index in [1.165, 1.54) is 25.1 Å². The molecule has 2 N–H and O–H groups in total. The third-order valence-electron chi connectivity index (χ3n) is 3.51. The first-order valence-corrected chi connectivity index (χ1v) is 6.78. The topological polar surface area (TPSA) is 54.0 Å². The van der Waals surface area contributed by atoms with Crippen molar-refractivity contribution in [2.75, 3.05) is 12.4 Å². The van der Waals surface area contributed by atoms with E-state index < -0.39 is 5.82 Å². The van der Waals surface area contributed by atoms with Gasteiger partial charge in [0.15, 0.2) is 11.6 Å². The molecule has 19 heavy (non-hydrogen) atoms. The minimum Gasteiger partial charge on any atom is -0.371 e. The van der Waals surface area contributed by atoms with Crippen molar-refractivity contribution >= 4 is 11.7 Å². The predicted molar refractivity (Wildman–Crippen MR) is 72.6 cm³/mol. The zero-order valence-electron chi connectivity index (χ0n) is 11.4. The fourth-order valence-corrected chi connectivity index (χ4v) is 2.14. The van der Waals surface area contributed by atoms with Crippen molar-refractivity contribution in [3.05, 3.63) is 23.6 Å². The van der Waals surface area contributed by atoms with Crippen LogP contribution in [0.1, 0.15) is 43.0 Å². The summed E-state index contributed by atoms with van der Waals surface area (Å²) in [6.45, 7) is 2.04. The lowest BCUT2D eigenvalue weighted by Crippen LogP contribution is -2.35. The zero-order chi connectivity index (χ0) is 13.8. The van der Waals surface area contributed by atoms with Gasteiger partial charge in [-0.05, 0) is 24.8 Å². The Hall–Kier alpha value is -1.65. The van der Waals surface area contributed by atoms with E-state index in [-0.39, 0.29) is 23.3 Å². The molecule has 1 aliphatic rings. The summed E-state index contributed by atoms with van der Waals surface area (Å²) in [7, 11) is 1.58. The molecule has 1 aliphatic carbocycles. The van der Waals surface area contributed by atoms with E-state index in [9.17, 15) is 9.18 Å². The molecule has 1 unspecified atom stereocenters. The number of nitrogens with zero attached hydrogens (tertiary/aromatic N) is 1. The van der Waals surface area contributed by atoms with Gasteiger partial charge in [-0.2, -0.15) is 0 Å². The van der Waals surface area contributed by atoms with Crippen LogP contribution in [0.15, 0.2) is 12.3 Å². The summed E-state index contributed by atoms with van der Waals surface area (Å²) >= 11 is 0. The average molecular weight is 265 g/mol. The summed E-state index contributed by atoms with van der Waals surface area (Å²) in [6, 6.07) is 1.54. The van der Waals surface area contributed by atoms with Crippen LogP contribution < -0.4 is 10.6 Å². The average Bonchev–Trinajstić information content (AvgIpc) is 3.22. The Kier molecular flexibility index (Phi) is 4.35. The molecular weight excluding hydrogens is 245 g/mol. The molecule has 4 nitrogen and oxygen atoms in total. The Balaban J connectivity index is 2.05. The van der Waals surface area contributed by atoms with Gasteiger partial charge in [0.25, 0.3) is 5.91 Å². The lowest BCUT2D eigenvalue weighted by molar-refractivity contribution is 0.0928. The summed E-state index contributed by atoms with van der Waals surface area (Å²) < 4.78 is 14.0. The van der Waals surface area contributed by atoms with Crippen LogP contribution in [-0.2, 0) is 0 Å². The van der Waals surface area contributed by atoms with Crippen LogP contribution in [-0.4, -0.2) is 24.0 Å². The summed E-state index contributed by atoms with van der Waals surface area (Å²) in [5, 5.41) is 5.55. The highest BCUT2D eigenvalue weighted by Gasteiger charge is 2.26. The molecule has 0 radical (unpaired) electrons. The Morgan fingerprint density at radius 3 is 2.89 bits per heavy atom. The number of carbonyl (C=O) groups is 1. The van der Waals surface area contributed by atoms with Gasteiger partial charge in [0.2, 0.25) is 0 Å². The first-order chi connectivity index (χ1) is 9.15. The molecule has 104 valence electrons. The highest BCUT2D eigenvalue weighted by atomic mass is 19.1. The maximum absolute atomic E-state index is 14.0. The maximum Gasteiger partial charge on any atom is 0.254 e. The van der Waals surface area contributed by atoms with Crippen molar-refractivity contribution in [3.8, 4) is 0 Å². The van der Waals surface area contributed by atoms with Crippen LogP contribution in [0.3, 0.4) is 0 Å². The molecule has 2 rings (SSSR count). The van der Waals surface area contributed by atoms with Crippen LogP contribution >= 0.6 is 0 Å². The normalized spacial score (nSPS) is 15.9. The number of pyridine rings is 1. The minimum atomic E-state index is -0.594. The quantitative estimate of drug-likeness (QED) is 0.831.